The zero-order valence-electron chi connectivity index (χ0n) is 16.9. The lowest BCUT2D eigenvalue weighted by atomic mass is 10.1. The van der Waals surface area contributed by atoms with Gasteiger partial charge in [-0.2, -0.15) is 5.10 Å². The zero-order valence-corrected chi connectivity index (χ0v) is 17.6. The molecule has 0 aliphatic carbocycles. The SMILES string of the molecule is Cc1occc1C(=O)N(C)Cc1cn(Cc2ccccc2Cl)nc1-c1ccccc1. The molecule has 4 aromatic rings. The number of carbonyl (C=O) groups excluding carboxylic acids is 1. The molecule has 0 spiro atoms. The van der Waals surface area contributed by atoms with Crippen molar-refractivity contribution in [3.05, 3.63) is 101 Å². The van der Waals surface area contributed by atoms with E-state index in [4.69, 9.17) is 21.1 Å². The van der Waals surface area contributed by atoms with E-state index in [2.05, 4.69) is 0 Å². The molecule has 5 nitrogen and oxygen atoms in total. The van der Waals surface area contributed by atoms with E-state index in [1.165, 1.54) is 6.26 Å². The fourth-order valence-electron chi connectivity index (χ4n) is 3.44. The van der Waals surface area contributed by atoms with Crippen molar-refractivity contribution in [2.75, 3.05) is 7.05 Å². The van der Waals surface area contributed by atoms with Gasteiger partial charge in [0.1, 0.15) is 5.76 Å². The van der Waals surface area contributed by atoms with Gasteiger partial charge in [-0.15, -0.1) is 0 Å². The molecule has 0 saturated carbocycles. The fraction of sp³-hybridized carbons (Fsp3) is 0.167. The van der Waals surface area contributed by atoms with E-state index in [0.717, 1.165) is 22.4 Å². The summed E-state index contributed by atoms with van der Waals surface area (Å²) in [7, 11) is 1.79. The van der Waals surface area contributed by atoms with E-state index in [-0.39, 0.29) is 5.91 Å². The summed E-state index contributed by atoms with van der Waals surface area (Å²) in [6.45, 7) is 2.77. The number of rotatable bonds is 6. The second-order valence-electron chi connectivity index (χ2n) is 7.21. The number of nitrogens with zero attached hydrogens (tertiary/aromatic N) is 3. The molecular formula is C24H22ClN3O2. The van der Waals surface area contributed by atoms with Crippen LogP contribution in [0, 0.1) is 6.92 Å². The first-order chi connectivity index (χ1) is 14.5. The third-order valence-corrected chi connectivity index (χ3v) is 5.39. The molecule has 0 radical (unpaired) electrons. The third kappa shape index (κ3) is 4.16. The number of amides is 1. The zero-order chi connectivity index (χ0) is 21.1. The molecule has 6 heteroatoms. The van der Waals surface area contributed by atoms with Gasteiger partial charge in [-0.3, -0.25) is 9.48 Å². The van der Waals surface area contributed by atoms with Gasteiger partial charge in [0.05, 0.1) is 24.1 Å². The first-order valence-electron chi connectivity index (χ1n) is 9.67. The van der Waals surface area contributed by atoms with E-state index in [1.54, 1.807) is 24.9 Å². The van der Waals surface area contributed by atoms with Crippen LogP contribution >= 0.6 is 11.6 Å². The molecule has 2 aromatic heterocycles. The van der Waals surface area contributed by atoms with Gasteiger partial charge in [-0.1, -0.05) is 60.1 Å². The van der Waals surface area contributed by atoms with Crippen LogP contribution in [0.4, 0.5) is 0 Å². The van der Waals surface area contributed by atoms with E-state index >= 15 is 0 Å². The van der Waals surface area contributed by atoms with Crippen molar-refractivity contribution in [1.82, 2.24) is 14.7 Å². The Morgan fingerprint density at radius 1 is 1.07 bits per heavy atom. The summed E-state index contributed by atoms with van der Waals surface area (Å²) in [6.07, 6.45) is 3.52. The van der Waals surface area contributed by atoms with Crippen LogP contribution < -0.4 is 0 Å². The molecule has 0 atom stereocenters. The normalized spacial score (nSPS) is 10.9. The number of carbonyl (C=O) groups is 1. The van der Waals surface area contributed by atoms with Gasteiger partial charge < -0.3 is 9.32 Å². The van der Waals surface area contributed by atoms with Crippen LogP contribution in [0.15, 0.2) is 77.5 Å². The van der Waals surface area contributed by atoms with Crippen molar-refractivity contribution < 1.29 is 9.21 Å². The van der Waals surface area contributed by atoms with Crippen molar-refractivity contribution in [2.24, 2.45) is 0 Å². The van der Waals surface area contributed by atoms with Crippen LogP contribution in [0.2, 0.25) is 5.02 Å². The van der Waals surface area contributed by atoms with E-state index in [9.17, 15) is 4.79 Å². The van der Waals surface area contributed by atoms with Crippen molar-refractivity contribution >= 4 is 17.5 Å². The smallest absolute Gasteiger partial charge is 0.257 e. The fourth-order valence-corrected chi connectivity index (χ4v) is 3.63. The van der Waals surface area contributed by atoms with Gasteiger partial charge in [0.2, 0.25) is 0 Å². The second kappa shape index (κ2) is 8.59. The highest BCUT2D eigenvalue weighted by Gasteiger charge is 2.20. The number of hydrogen-bond donors (Lipinski definition) is 0. The maximum Gasteiger partial charge on any atom is 0.257 e. The third-order valence-electron chi connectivity index (χ3n) is 5.02. The lowest BCUT2D eigenvalue weighted by Crippen LogP contribution is -2.26. The number of aromatic nitrogens is 2. The standard InChI is InChI=1S/C24H22ClN3O2/c1-17-21(12-13-30-17)24(29)27(2)14-20-16-28(15-19-10-6-7-11-22(19)25)26-23(20)18-8-4-3-5-9-18/h3-13,16H,14-15H2,1-2H3. The largest absolute Gasteiger partial charge is 0.469 e. The molecule has 2 aromatic carbocycles. The lowest BCUT2D eigenvalue weighted by Gasteiger charge is -2.16. The van der Waals surface area contributed by atoms with E-state index < -0.39 is 0 Å². The minimum atomic E-state index is -0.0842. The molecule has 0 bridgehead atoms. The Morgan fingerprint density at radius 3 is 2.50 bits per heavy atom. The Balaban J connectivity index is 1.65. The van der Waals surface area contributed by atoms with Crippen LogP contribution in [-0.2, 0) is 13.1 Å². The maximum atomic E-state index is 12.8. The van der Waals surface area contributed by atoms with Crippen LogP contribution in [0.3, 0.4) is 0 Å². The predicted octanol–water partition coefficient (Wildman–Crippen LogP) is 5.43. The van der Waals surface area contributed by atoms with Crippen LogP contribution in [-0.4, -0.2) is 27.6 Å². The minimum Gasteiger partial charge on any atom is -0.469 e. The summed E-state index contributed by atoms with van der Waals surface area (Å²) in [5.41, 5.74) is 4.38. The Bertz CT molecular complexity index is 1160. The molecule has 30 heavy (non-hydrogen) atoms. The topological polar surface area (TPSA) is 51.3 Å². The summed E-state index contributed by atoms with van der Waals surface area (Å²) in [5, 5.41) is 5.52. The van der Waals surface area contributed by atoms with Crippen molar-refractivity contribution in [3.63, 3.8) is 0 Å². The van der Waals surface area contributed by atoms with E-state index in [0.29, 0.717) is 29.4 Å². The monoisotopic (exact) mass is 419 g/mol. The molecule has 0 fully saturated rings. The highest BCUT2D eigenvalue weighted by Crippen LogP contribution is 2.25. The Morgan fingerprint density at radius 2 is 1.80 bits per heavy atom. The molecule has 2 heterocycles. The Hall–Kier alpha value is -3.31. The maximum absolute atomic E-state index is 12.8. The average molecular weight is 420 g/mol. The van der Waals surface area contributed by atoms with Gasteiger partial charge in [0.25, 0.3) is 5.91 Å². The number of furan rings is 1. The van der Waals surface area contributed by atoms with Gasteiger partial charge in [-0.25, -0.2) is 0 Å². The number of aryl methyl sites for hydroxylation is 1. The summed E-state index contributed by atoms with van der Waals surface area (Å²) in [4.78, 5) is 14.5. The Labute approximate surface area is 180 Å². The van der Waals surface area contributed by atoms with Crippen LogP contribution in [0.5, 0.6) is 0 Å². The molecule has 0 N–H and O–H groups in total. The van der Waals surface area contributed by atoms with E-state index in [1.807, 2.05) is 65.5 Å². The first kappa shape index (κ1) is 20.0. The molecule has 152 valence electrons. The number of halogens is 1. The molecule has 1 amide bonds. The number of hydrogen-bond acceptors (Lipinski definition) is 3. The molecule has 0 aliphatic rings. The van der Waals surface area contributed by atoms with Gasteiger partial charge >= 0.3 is 0 Å². The summed E-state index contributed by atoms with van der Waals surface area (Å²) in [6, 6.07) is 19.4. The van der Waals surface area contributed by atoms with Gasteiger partial charge in [0.15, 0.2) is 0 Å². The molecule has 4 rings (SSSR count). The Kier molecular flexibility index (Phi) is 5.72. The molecule has 0 unspecified atom stereocenters. The first-order valence-corrected chi connectivity index (χ1v) is 10.1. The quantitative estimate of drug-likeness (QED) is 0.419. The van der Waals surface area contributed by atoms with Crippen molar-refractivity contribution in [1.29, 1.82) is 0 Å². The average Bonchev–Trinajstić information content (AvgIpc) is 3.35. The minimum absolute atomic E-state index is 0.0842. The highest BCUT2D eigenvalue weighted by atomic mass is 35.5. The van der Waals surface area contributed by atoms with Crippen LogP contribution in [0.25, 0.3) is 11.3 Å². The predicted molar refractivity (Wildman–Crippen MR) is 117 cm³/mol. The summed E-state index contributed by atoms with van der Waals surface area (Å²) in [5.74, 6) is 0.531. The molecular weight excluding hydrogens is 398 g/mol. The van der Waals surface area contributed by atoms with Crippen molar-refractivity contribution in [3.8, 4) is 11.3 Å². The lowest BCUT2D eigenvalue weighted by molar-refractivity contribution is 0.0783. The summed E-state index contributed by atoms with van der Waals surface area (Å²) >= 11 is 6.33. The van der Waals surface area contributed by atoms with Gasteiger partial charge in [-0.05, 0) is 24.6 Å². The number of benzene rings is 2. The molecule has 0 saturated heterocycles. The summed E-state index contributed by atoms with van der Waals surface area (Å²) < 4.78 is 7.16. The highest BCUT2D eigenvalue weighted by molar-refractivity contribution is 6.31. The molecule has 0 aliphatic heterocycles. The van der Waals surface area contributed by atoms with Gasteiger partial charge in [0, 0.05) is 35.9 Å². The second-order valence-corrected chi connectivity index (χ2v) is 7.62. The van der Waals surface area contributed by atoms with Crippen molar-refractivity contribution in [2.45, 2.75) is 20.0 Å². The van der Waals surface area contributed by atoms with Crippen LogP contribution in [0.1, 0.15) is 27.2 Å².